The summed E-state index contributed by atoms with van der Waals surface area (Å²) >= 11 is 0. The van der Waals surface area contributed by atoms with Crippen molar-refractivity contribution in [3.8, 4) is 0 Å². The number of nitro groups is 1. The van der Waals surface area contributed by atoms with Gasteiger partial charge in [-0.2, -0.15) is 0 Å². The van der Waals surface area contributed by atoms with Crippen molar-refractivity contribution in [2.75, 3.05) is 5.32 Å². The van der Waals surface area contributed by atoms with E-state index in [-0.39, 0.29) is 11.7 Å². The molecule has 5 heteroatoms. The molecule has 21 heavy (non-hydrogen) atoms. The van der Waals surface area contributed by atoms with E-state index in [1.807, 2.05) is 18.2 Å². The lowest BCUT2D eigenvalue weighted by Gasteiger charge is -2.19. The molecule has 0 saturated heterocycles. The van der Waals surface area contributed by atoms with Crippen molar-refractivity contribution in [1.82, 2.24) is 4.98 Å². The highest BCUT2D eigenvalue weighted by atomic mass is 16.6. The number of aromatic nitrogens is 1. The second-order valence-corrected chi connectivity index (χ2v) is 5.54. The summed E-state index contributed by atoms with van der Waals surface area (Å²) in [6.45, 7) is 2.20. The fourth-order valence-electron chi connectivity index (χ4n) is 2.72. The minimum absolute atomic E-state index is 0.0201. The second kappa shape index (κ2) is 5.52. The standard InChI is InChI=1S/C16H17N3O2/c1-11-10-13(11)15(12-6-3-2-4-7-12)18-16-14(19(20)21)8-5-9-17-16/h2-9,11,13,15H,10H2,1H3,(H,17,18). The van der Waals surface area contributed by atoms with E-state index in [2.05, 4.69) is 29.4 Å². The van der Waals surface area contributed by atoms with Gasteiger partial charge in [-0.1, -0.05) is 37.3 Å². The Kier molecular flexibility index (Phi) is 3.56. The van der Waals surface area contributed by atoms with Crippen molar-refractivity contribution in [2.24, 2.45) is 11.8 Å². The molecule has 1 aromatic heterocycles. The van der Waals surface area contributed by atoms with E-state index in [1.165, 1.54) is 6.07 Å². The van der Waals surface area contributed by atoms with Crippen LogP contribution in [0.25, 0.3) is 0 Å². The number of rotatable bonds is 5. The summed E-state index contributed by atoms with van der Waals surface area (Å²) in [6, 6.07) is 13.2. The summed E-state index contributed by atoms with van der Waals surface area (Å²) in [7, 11) is 0. The zero-order valence-electron chi connectivity index (χ0n) is 11.8. The Morgan fingerprint density at radius 2 is 2.00 bits per heavy atom. The Morgan fingerprint density at radius 1 is 1.29 bits per heavy atom. The average molecular weight is 283 g/mol. The smallest absolute Gasteiger partial charge is 0.311 e. The SMILES string of the molecule is CC1CC1C(Nc1ncccc1[N+](=O)[O-])c1ccccc1. The second-order valence-electron chi connectivity index (χ2n) is 5.54. The largest absolute Gasteiger partial charge is 0.357 e. The maximum Gasteiger partial charge on any atom is 0.311 e. The molecule has 1 aliphatic rings. The highest BCUT2D eigenvalue weighted by Crippen LogP contribution is 2.48. The fourth-order valence-corrected chi connectivity index (χ4v) is 2.72. The van der Waals surface area contributed by atoms with Gasteiger partial charge in [0.1, 0.15) is 0 Å². The molecule has 0 aliphatic heterocycles. The van der Waals surface area contributed by atoms with Crippen molar-refractivity contribution in [2.45, 2.75) is 19.4 Å². The zero-order valence-corrected chi connectivity index (χ0v) is 11.8. The number of anilines is 1. The van der Waals surface area contributed by atoms with E-state index in [0.717, 1.165) is 12.0 Å². The van der Waals surface area contributed by atoms with Gasteiger partial charge in [-0.25, -0.2) is 4.98 Å². The number of hydrogen-bond donors (Lipinski definition) is 1. The number of hydrogen-bond acceptors (Lipinski definition) is 4. The third-order valence-corrected chi connectivity index (χ3v) is 4.03. The van der Waals surface area contributed by atoms with Gasteiger partial charge < -0.3 is 5.32 Å². The minimum atomic E-state index is -0.395. The molecule has 0 bridgehead atoms. The molecule has 2 aromatic rings. The van der Waals surface area contributed by atoms with E-state index in [4.69, 9.17) is 0 Å². The molecule has 5 nitrogen and oxygen atoms in total. The lowest BCUT2D eigenvalue weighted by molar-refractivity contribution is -0.384. The Morgan fingerprint density at radius 3 is 2.62 bits per heavy atom. The maximum atomic E-state index is 11.1. The van der Waals surface area contributed by atoms with Crippen LogP contribution in [0, 0.1) is 22.0 Å². The molecule has 108 valence electrons. The molecule has 3 atom stereocenters. The fraction of sp³-hybridized carbons (Fsp3) is 0.312. The maximum absolute atomic E-state index is 11.1. The summed E-state index contributed by atoms with van der Waals surface area (Å²) in [5, 5.41) is 14.4. The van der Waals surface area contributed by atoms with Gasteiger partial charge in [0.05, 0.1) is 11.0 Å². The Labute approximate surface area is 123 Å². The third-order valence-electron chi connectivity index (χ3n) is 4.03. The highest BCUT2D eigenvalue weighted by Gasteiger charge is 2.41. The summed E-state index contributed by atoms with van der Waals surface area (Å²) in [6.07, 6.45) is 2.71. The summed E-state index contributed by atoms with van der Waals surface area (Å²) in [4.78, 5) is 14.9. The molecule has 1 saturated carbocycles. The highest BCUT2D eigenvalue weighted by molar-refractivity contribution is 5.56. The van der Waals surface area contributed by atoms with Crippen LogP contribution >= 0.6 is 0 Å². The Balaban J connectivity index is 1.91. The van der Waals surface area contributed by atoms with Gasteiger partial charge in [0.15, 0.2) is 0 Å². The van der Waals surface area contributed by atoms with Crippen LogP contribution in [0.2, 0.25) is 0 Å². The van der Waals surface area contributed by atoms with E-state index < -0.39 is 4.92 Å². The van der Waals surface area contributed by atoms with Crippen LogP contribution < -0.4 is 5.32 Å². The normalized spacial score (nSPS) is 21.6. The molecule has 1 heterocycles. The number of pyridine rings is 1. The van der Waals surface area contributed by atoms with E-state index in [9.17, 15) is 10.1 Å². The Hall–Kier alpha value is -2.43. The van der Waals surface area contributed by atoms with Crippen LogP contribution in [0.5, 0.6) is 0 Å². The lowest BCUT2D eigenvalue weighted by atomic mass is 10.0. The monoisotopic (exact) mass is 283 g/mol. The van der Waals surface area contributed by atoms with E-state index >= 15 is 0 Å². The van der Waals surface area contributed by atoms with Crippen LogP contribution in [0.3, 0.4) is 0 Å². The van der Waals surface area contributed by atoms with Gasteiger partial charge >= 0.3 is 5.69 Å². The van der Waals surface area contributed by atoms with Crippen molar-refractivity contribution in [3.05, 3.63) is 64.3 Å². The lowest BCUT2D eigenvalue weighted by Crippen LogP contribution is -2.15. The van der Waals surface area contributed by atoms with Crippen LogP contribution in [-0.2, 0) is 0 Å². The quantitative estimate of drug-likeness (QED) is 0.669. The molecule has 1 fully saturated rings. The molecule has 1 aliphatic carbocycles. The molecule has 0 radical (unpaired) electrons. The third kappa shape index (κ3) is 2.86. The molecular weight excluding hydrogens is 266 g/mol. The van der Waals surface area contributed by atoms with E-state index in [0.29, 0.717) is 17.7 Å². The van der Waals surface area contributed by atoms with Crippen LogP contribution in [-0.4, -0.2) is 9.91 Å². The number of nitrogens with zero attached hydrogens (tertiary/aromatic N) is 2. The Bertz CT molecular complexity index is 645. The van der Waals surface area contributed by atoms with Crippen molar-refractivity contribution in [1.29, 1.82) is 0 Å². The van der Waals surface area contributed by atoms with Crippen LogP contribution in [0.1, 0.15) is 24.9 Å². The molecule has 0 amide bonds. The molecule has 1 N–H and O–H groups in total. The molecule has 0 spiro atoms. The number of benzene rings is 1. The zero-order chi connectivity index (χ0) is 14.8. The number of nitrogens with one attached hydrogen (secondary N) is 1. The van der Waals surface area contributed by atoms with Gasteiger partial charge in [-0.3, -0.25) is 10.1 Å². The summed E-state index contributed by atoms with van der Waals surface area (Å²) in [5.74, 6) is 1.47. The first-order chi connectivity index (χ1) is 10.2. The van der Waals surface area contributed by atoms with Gasteiger partial charge in [-0.05, 0) is 29.9 Å². The van der Waals surface area contributed by atoms with Gasteiger partial charge in [0.2, 0.25) is 5.82 Å². The van der Waals surface area contributed by atoms with Gasteiger partial charge in [-0.15, -0.1) is 0 Å². The van der Waals surface area contributed by atoms with Crippen LogP contribution in [0.15, 0.2) is 48.7 Å². The molecular formula is C16H17N3O2. The van der Waals surface area contributed by atoms with Crippen LogP contribution in [0.4, 0.5) is 11.5 Å². The first kappa shape index (κ1) is 13.5. The van der Waals surface area contributed by atoms with E-state index in [1.54, 1.807) is 12.3 Å². The summed E-state index contributed by atoms with van der Waals surface area (Å²) in [5.41, 5.74) is 1.17. The molecule has 3 rings (SSSR count). The predicted octanol–water partition coefficient (Wildman–Crippen LogP) is 3.80. The minimum Gasteiger partial charge on any atom is -0.357 e. The van der Waals surface area contributed by atoms with Gasteiger partial charge in [0.25, 0.3) is 0 Å². The van der Waals surface area contributed by atoms with Crippen molar-refractivity contribution in [3.63, 3.8) is 0 Å². The van der Waals surface area contributed by atoms with Crippen molar-refractivity contribution >= 4 is 11.5 Å². The molecule has 3 unspecified atom stereocenters. The topological polar surface area (TPSA) is 68.1 Å². The van der Waals surface area contributed by atoms with Gasteiger partial charge in [0, 0.05) is 12.3 Å². The first-order valence-electron chi connectivity index (χ1n) is 7.07. The summed E-state index contributed by atoms with van der Waals surface area (Å²) < 4.78 is 0. The average Bonchev–Trinajstić information content (AvgIpc) is 3.22. The van der Waals surface area contributed by atoms with Crippen molar-refractivity contribution < 1.29 is 4.92 Å². The first-order valence-corrected chi connectivity index (χ1v) is 7.07. The predicted molar refractivity (Wildman–Crippen MR) is 81.0 cm³/mol. The molecule has 1 aromatic carbocycles.